The SMILES string of the molecule is CCOP1(=S)OCC(CC)(CCl)CO1. The van der Waals surface area contributed by atoms with Crippen molar-refractivity contribution in [2.45, 2.75) is 20.3 Å². The fraction of sp³-hybridized carbons (Fsp3) is 1.00. The molecular weight excluding hydrogens is 243 g/mol. The quantitative estimate of drug-likeness (QED) is 0.572. The first-order valence-corrected chi connectivity index (χ1v) is 7.78. The first-order valence-electron chi connectivity index (χ1n) is 4.69. The lowest BCUT2D eigenvalue weighted by atomic mass is 9.90. The lowest BCUT2D eigenvalue weighted by Crippen LogP contribution is -2.36. The molecule has 1 rings (SSSR count). The van der Waals surface area contributed by atoms with Gasteiger partial charge in [-0.15, -0.1) is 11.6 Å². The van der Waals surface area contributed by atoms with Crippen LogP contribution in [0.1, 0.15) is 20.3 Å². The molecule has 0 aromatic heterocycles. The van der Waals surface area contributed by atoms with Gasteiger partial charge in [-0.3, -0.25) is 0 Å². The predicted molar refractivity (Wildman–Crippen MR) is 61.3 cm³/mol. The van der Waals surface area contributed by atoms with Crippen molar-refractivity contribution in [3.63, 3.8) is 0 Å². The molecule has 0 radical (unpaired) electrons. The van der Waals surface area contributed by atoms with E-state index >= 15 is 0 Å². The monoisotopic (exact) mass is 258 g/mol. The Balaban J connectivity index is 2.56. The maximum Gasteiger partial charge on any atom is 0.327 e. The summed E-state index contributed by atoms with van der Waals surface area (Å²) in [5, 5.41) is 0. The number of hydrogen-bond donors (Lipinski definition) is 0. The molecule has 1 aliphatic rings. The van der Waals surface area contributed by atoms with E-state index in [4.69, 9.17) is 37.0 Å². The number of rotatable bonds is 4. The zero-order chi connectivity index (χ0) is 10.7. The summed E-state index contributed by atoms with van der Waals surface area (Å²) in [6, 6.07) is 0. The molecule has 0 N–H and O–H groups in total. The molecule has 0 bridgehead atoms. The molecule has 1 heterocycles. The smallest absolute Gasteiger partial charge is 0.309 e. The standard InChI is InChI=1S/C8H16ClO3PS/c1-3-8(5-9)6-11-13(14,10-4-2)12-7-8/h3-7H2,1-2H3. The summed E-state index contributed by atoms with van der Waals surface area (Å²) in [5.74, 6) is 0.533. The molecule has 1 fully saturated rings. The highest BCUT2D eigenvalue weighted by atomic mass is 35.5. The van der Waals surface area contributed by atoms with Gasteiger partial charge in [0, 0.05) is 11.3 Å². The molecule has 3 nitrogen and oxygen atoms in total. The molecule has 14 heavy (non-hydrogen) atoms. The molecule has 1 aliphatic heterocycles. The van der Waals surface area contributed by atoms with Crippen LogP contribution in [0.15, 0.2) is 0 Å². The van der Waals surface area contributed by atoms with Crippen LogP contribution in [0.3, 0.4) is 0 Å². The fourth-order valence-corrected chi connectivity index (χ4v) is 3.50. The minimum atomic E-state index is -2.45. The Kier molecular flexibility index (Phi) is 4.82. The van der Waals surface area contributed by atoms with Gasteiger partial charge in [-0.2, -0.15) is 0 Å². The average molecular weight is 259 g/mol. The van der Waals surface area contributed by atoms with Gasteiger partial charge in [-0.25, -0.2) is 0 Å². The summed E-state index contributed by atoms with van der Waals surface area (Å²) in [4.78, 5) is 0. The Morgan fingerprint density at radius 3 is 2.36 bits per heavy atom. The largest absolute Gasteiger partial charge is 0.327 e. The topological polar surface area (TPSA) is 27.7 Å². The third-order valence-electron chi connectivity index (χ3n) is 2.38. The van der Waals surface area contributed by atoms with E-state index in [1.807, 2.05) is 6.92 Å². The summed E-state index contributed by atoms with van der Waals surface area (Å²) < 4.78 is 16.3. The lowest BCUT2D eigenvalue weighted by Gasteiger charge is -2.38. The molecule has 0 atom stereocenters. The van der Waals surface area contributed by atoms with Gasteiger partial charge in [0.15, 0.2) is 0 Å². The normalized spacial score (nSPS) is 38.5. The van der Waals surface area contributed by atoms with Crippen LogP contribution >= 0.6 is 18.3 Å². The van der Waals surface area contributed by atoms with E-state index in [2.05, 4.69) is 6.92 Å². The van der Waals surface area contributed by atoms with Crippen molar-refractivity contribution < 1.29 is 13.6 Å². The van der Waals surface area contributed by atoms with Crippen LogP contribution in [0.25, 0.3) is 0 Å². The Morgan fingerprint density at radius 2 is 2.00 bits per heavy atom. The van der Waals surface area contributed by atoms with Crippen LogP contribution in [0.5, 0.6) is 0 Å². The summed E-state index contributed by atoms with van der Waals surface area (Å²) in [7, 11) is 0. The average Bonchev–Trinajstić information content (AvgIpc) is 2.20. The van der Waals surface area contributed by atoms with Crippen molar-refractivity contribution in [3.05, 3.63) is 0 Å². The second-order valence-electron chi connectivity index (χ2n) is 3.40. The van der Waals surface area contributed by atoms with Crippen LogP contribution < -0.4 is 0 Å². The van der Waals surface area contributed by atoms with Gasteiger partial charge in [0.1, 0.15) is 0 Å². The van der Waals surface area contributed by atoms with Crippen molar-refractivity contribution in [1.29, 1.82) is 0 Å². The van der Waals surface area contributed by atoms with Crippen LogP contribution in [-0.2, 0) is 25.4 Å². The molecule has 0 aromatic carbocycles. The van der Waals surface area contributed by atoms with E-state index in [0.29, 0.717) is 25.7 Å². The third-order valence-corrected chi connectivity index (χ3v) is 5.36. The Morgan fingerprint density at radius 1 is 1.43 bits per heavy atom. The van der Waals surface area contributed by atoms with Crippen LogP contribution in [-0.4, -0.2) is 25.7 Å². The second kappa shape index (κ2) is 5.24. The van der Waals surface area contributed by atoms with E-state index in [9.17, 15) is 0 Å². The van der Waals surface area contributed by atoms with Crippen molar-refractivity contribution >= 4 is 30.1 Å². The predicted octanol–water partition coefficient (Wildman–Crippen LogP) is 2.93. The number of alkyl halides is 1. The molecule has 0 aromatic rings. The summed E-state index contributed by atoms with van der Waals surface area (Å²) in [5.41, 5.74) is -0.0824. The van der Waals surface area contributed by atoms with E-state index in [0.717, 1.165) is 6.42 Å². The minimum absolute atomic E-state index is 0.0824. The molecule has 84 valence electrons. The third kappa shape index (κ3) is 2.91. The van der Waals surface area contributed by atoms with Gasteiger partial charge >= 0.3 is 6.72 Å². The van der Waals surface area contributed by atoms with Gasteiger partial charge in [0.25, 0.3) is 0 Å². The summed E-state index contributed by atoms with van der Waals surface area (Å²) in [6.07, 6.45) is 0.929. The first-order chi connectivity index (χ1) is 6.60. The number of hydrogen-bond acceptors (Lipinski definition) is 4. The molecule has 0 aliphatic carbocycles. The first kappa shape index (κ1) is 12.9. The van der Waals surface area contributed by atoms with Crippen molar-refractivity contribution in [2.75, 3.05) is 25.7 Å². The van der Waals surface area contributed by atoms with Gasteiger partial charge in [0.2, 0.25) is 0 Å². The van der Waals surface area contributed by atoms with Crippen LogP contribution in [0, 0.1) is 5.41 Å². The Labute approximate surface area is 95.3 Å². The lowest BCUT2D eigenvalue weighted by molar-refractivity contribution is 0.0162. The Bertz CT molecular complexity index is 219. The highest BCUT2D eigenvalue weighted by Gasteiger charge is 2.38. The van der Waals surface area contributed by atoms with E-state index in [1.54, 1.807) is 0 Å². The van der Waals surface area contributed by atoms with Crippen LogP contribution in [0.4, 0.5) is 0 Å². The van der Waals surface area contributed by atoms with Crippen LogP contribution in [0.2, 0.25) is 0 Å². The molecule has 6 heteroatoms. The van der Waals surface area contributed by atoms with Gasteiger partial charge in [-0.05, 0) is 25.2 Å². The molecular formula is C8H16ClO3PS. The van der Waals surface area contributed by atoms with E-state index in [-0.39, 0.29) is 5.41 Å². The highest BCUT2D eigenvalue weighted by Crippen LogP contribution is 2.55. The summed E-state index contributed by atoms with van der Waals surface area (Å²) in [6.45, 7) is 3.12. The number of halogens is 1. The maximum atomic E-state index is 5.88. The molecule has 0 saturated carbocycles. The van der Waals surface area contributed by atoms with Crippen molar-refractivity contribution in [2.24, 2.45) is 5.41 Å². The summed E-state index contributed by atoms with van der Waals surface area (Å²) >= 11 is 11.0. The molecule has 0 unspecified atom stereocenters. The molecule has 0 spiro atoms. The minimum Gasteiger partial charge on any atom is -0.309 e. The zero-order valence-corrected chi connectivity index (χ0v) is 11.0. The van der Waals surface area contributed by atoms with E-state index in [1.165, 1.54) is 0 Å². The van der Waals surface area contributed by atoms with E-state index < -0.39 is 6.72 Å². The zero-order valence-electron chi connectivity index (χ0n) is 8.49. The van der Waals surface area contributed by atoms with Crippen molar-refractivity contribution in [3.8, 4) is 0 Å². The van der Waals surface area contributed by atoms with Crippen molar-refractivity contribution in [1.82, 2.24) is 0 Å². The van der Waals surface area contributed by atoms with Gasteiger partial charge < -0.3 is 13.6 Å². The fourth-order valence-electron chi connectivity index (χ4n) is 1.12. The Hall–Kier alpha value is 0.820. The highest BCUT2D eigenvalue weighted by molar-refractivity contribution is 8.07. The van der Waals surface area contributed by atoms with Gasteiger partial charge in [0.05, 0.1) is 19.8 Å². The molecule has 0 amide bonds. The molecule has 1 saturated heterocycles. The maximum absolute atomic E-state index is 5.88. The van der Waals surface area contributed by atoms with Gasteiger partial charge in [-0.1, -0.05) is 6.92 Å². The second-order valence-corrected chi connectivity index (χ2v) is 6.68.